The summed E-state index contributed by atoms with van der Waals surface area (Å²) in [5, 5.41) is 9.60. The number of carbonyl (C=O) groups excluding carboxylic acids is 1. The Morgan fingerprint density at radius 2 is 1.76 bits per heavy atom. The third-order valence-electron chi connectivity index (χ3n) is 6.39. The smallest absolute Gasteiger partial charge is 0.223 e. The zero-order valence-electron chi connectivity index (χ0n) is 17.1. The maximum Gasteiger partial charge on any atom is 0.223 e. The highest BCUT2D eigenvalue weighted by Gasteiger charge is 2.43. The highest BCUT2D eigenvalue weighted by molar-refractivity contribution is 7.89. The van der Waals surface area contributed by atoms with Crippen LogP contribution in [-0.4, -0.2) is 66.7 Å². The van der Waals surface area contributed by atoms with Crippen LogP contribution < -0.4 is 0 Å². The van der Waals surface area contributed by atoms with Crippen molar-refractivity contribution >= 4 is 27.5 Å². The number of hydrogen-bond acceptors (Lipinski definition) is 4. The second-order valence-electron chi connectivity index (χ2n) is 8.58. The number of likely N-dealkylation sites (tertiary alicyclic amines) is 1. The van der Waals surface area contributed by atoms with Crippen molar-refractivity contribution in [1.82, 2.24) is 9.21 Å². The minimum Gasteiger partial charge on any atom is -0.396 e. The SMILES string of the molecule is CC(C)[C@H](CO)CC(=O)N1CC(S(=O)(=O)N2CCC(c3ccc(Cl)cc3)CC2)C1. The van der Waals surface area contributed by atoms with Gasteiger partial charge in [-0.05, 0) is 48.3 Å². The maximum atomic E-state index is 12.9. The van der Waals surface area contributed by atoms with Crippen LogP contribution in [0.3, 0.4) is 0 Å². The van der Waals surface area contributed by atoms with Gasteiger partial charge in [-0.15, -0.1) is 0 Å². The quantitative estimate of drug-likeness (QED) is 0.704. The van der Waals surface area contributed by atoms with E-state index in [1.807, 2.05) is 38.1 Å². The fourth-order valence-electron chi connectivity index (χ4n) is 4.08. The highest BCUT2D eigenvalue weighted by Crippen LogP contribution is 2.32. The minimum absolute atomic E-state index is 0.0263. The standard InChI is InChI=1S/C21H31ClN2O4S/c1-15(2)18(14-25)11-21(26)23-12-20(13-23)29(27,28)24-9-7-17(8-10-24)16-3-5-19(22)6-4-16/h3-6,15,17-18,20,25H,7-14H2,1-2H3/t18-/m0/s1. The molecule has 0 aromatic heterocycles. The van der Waals surface area contributed by atoms with Crippen LogP contribution in [-0.2, 0) is 14.8 Å². The summed E-state index contributed by atoms with van der Waals surface area (Å²) in [6.07, 6.45) is 1.86. The second kappa shape index (κ2) is 9.33. The Morgan fingerprint density at radius 1 is 1.17 bits per heavy atom. The summed E-state index contributed by atoms with van der Waals surface area (Å²) in [5.74, 6) is 0.423. The number of aliphatic hydroxyl groups is 1. The molecule has 2 aliphatic heterocycles. The fraction of sp³-hybridized carbons (Fsp3) is 0.667. The van der Waals surface area contributed by atoms with E-state index in [0.717, 1.165) is 12.8 Å². The van der Waals surface area contributed by atoms with E-state index in [-0.39, 0.29) is 43.9 Å². The molecule has 1 aromatic carbocycles. The summed E-state index contributed by atoms with van der Waals surface area (Å²) in [7, 11) is -3.39. The molecule has 2 saturated heterocycles. The Labute approximate surface area is 178 Å². The first-order valence-electron chi connectivity index (χ1n) is 10.4. The van der Waals surface area contributed by atoms with E-state index in [9.17, 15) is 18.3 Å². The van der Waals surface area contributed by atoms with E-state index in [4.69, 9.17) is 11.6 Å². The molecule has 2 fully saturated rings. The van der Waals surface area contributed by atoms with Gasteiger partial charge in [0.1, 0.15) is 5.25 Å². The molecule has 8 heteroatoms. The average Bonchev–Trinajstić information content (AvgIpc) is 2.65. The van der Waals surface area contributed by atoms with Crippen LogP contribution in [0, 0.1) is 11.8 Å². The van der Waals surface area contributed by atoms with Crippen LogP contribution in [0.15, 0.2) is 24.3 Å². The zero-order chi connectivity index (χ0) is 21.2. The van der Waals surface area contributed by atoms with Gasteiger partial charge >= 0.3 is 0 Å². The van der Waals surface area contributed by atoms with Crippen molar-refractivity contribution in [2.75, 3.05) is 32.8 Å². The number of aliphatic hydroxyl groups excluding tert-OH is 1. The molecule has 0 unspecified atom stereocenters. The fourth-order valence-corrected chi connectivity index (χ4v) is 6.09. The number of carbonyl (C=O) groups is 1. The van der Waals surface area contributed by atoms with Crippen LogP contribution in [0.2, 0.25) is 5.02 Å². The molecule has 0 aliphatic carbocycles. The van der Waals surface area contributed by atoms with Gasteiger partial charge in [0.25, 0.3) is 0 Å². The van der Waals surface area contributed by atoms with Crippen molar-refractivity contribution in [2.24, 2.45) is 11.8 Å². The highest BCUT2D eigenvalue weighted by atomic mass is 35.5. The van der Waals surface area contributed by atoms with E-state index in [0.29, 0.717) is 24.0 Å². The van der Waals surface area contributed by atoms with Crippen LogP contribution in [0.25, 0.3) is 0 Å². The molecule has 29 heavy (non-hydrogen) atoms. The molecular formula is C21H31ClN2O4S. The Hall–Kier alpha value is -1.15. The third-order valence-corrected chi connectivity index (χ3v) is 8.87. The minimum atomic E-state index is -3.39. The molecule has 1 amide bonds. The van der Waals surface area contributed by atoms with Gasteiger partial charge < -0.3 is 10.0 Å². The van der Waals surface area contributed by atoms with Gasteiger partial charge in [-0.25, -0.2) is 12.7 Å². The first kappa shape index (κ1) is 22.5. The summed E-state index contributed by atoms with van der Waals surface area (Å²) in [6, 6.07) is 7.79. The molecule has 1 atom stereocenters. The molecule has 6 nitrogen and oxygen atoms in total. The van der Waals surface area contributed by atoms with E-state index < -0.39 is 15.3 Å². The van der Waals surface area contributed by atoms with Gasteiger partial charge in [-0.1, -0.05) is 37.6 Å². The zero-order valence-corrected chi connectivity index (χ0v) is 18.7. The van der Waals surface area contributed by atoms with Gasteiger partial charge in [0.05, 0.1) is 0 Å². The van der Waals surface area contributed by atoms with Crippen molar-refractivity contribution in [3.05, 3.63) is 34.9 Å². The third kappa shape index (κ3) is 5.13. The molecule has 2 aliphatic rings. The second-order valence-corrected chi connectivity index (χ2v) is 11.2. The van der Waals surface area contributed by atoms with Crippen molar-refractivity contribution in [2.45, 2.75) is 44.3 Å². The monoisotopic (exact) mass is 442 g/mol. The van der Waals surface area contributed by atoms with Gasteiger partial charge in [-0.3, -0.25) is 4.79 Å². The molecule has 3 rings (SSSR count). The number of benzene rings is 1. The average molecular weight is 443 g/mol. The first-order chi connectivity index (χ1) is 13.7. The molecule has 1 aromatic rings. The van der Waals surface area contributed by atoms with Crippen molar-refractivity contribution in [3.8, 4) is 0 Å². The van der Waals surface area contributed by atoms with Crippen LogP contribution >= 0.6 is 11.6 Å². The van der Waals surface area contributed by atoms with Crippen molar-refractivity contribution in [3.63, 3.8) is 0 Å². The van der Waals surface area contributed by atoms with Gasteiger partial charge in [-0.2, -0.15) is 0 Å². The van der Waals surface area contributed by atoms with Gasteiger partial charge in [0.2, 0.25) is 15.9 Å². The summed E-state index contributed by atoms with van der Waals surface area (Å²) in [6.45, 7) is 5.47. The normalized spacial score (nSPS) is 20.7. The predicted molar refractivity (Wildman–Crippen MR) is 114 cm³/mol. The van der Waals surface area contributed by atoms with Crippen molar-refractivity contribution < 1.29 is 18.3 Å². The number of amides is 1. The summed E-state index contributed by atoms with van der Waals surface area (Å²) in [5.41, 5.74) is 1.20. The van der Waals surface area contributed by atoms with Crippen molar-refractivity contribution in [1.29, 1.82) is 0 Å². The molecule has 162 valence electrons. The Morgan fingerprint density at radius 3 is 2.28 bits per heavy atom. The Balaban J connectivity index is 1.50. The first-order valence-corrected chi connectivity index (χ1v) is 12.2. The number of halogens is 1. The van der Waals surface area contributed by atoms with Crippen LogP contribution in [0.1, 0.15) is 44.6 Å². The summed E-state index contributed by atoms with van der Waals surface area (Å²) in [4.78, 5) is 14.0. The van der Waals surface area contributed by atoms with E-state index in [2.05, 4.69) is 0 Å². The molecule has 0 bridgehead atoms. The topological polar surface area (TPSA) is 77.9 Å². The number of sulfonamides is 1. The van der Waals surface area contributed by atoms with E-state index in [1.165, 1.54) is 5.56 Å². The molecule has 0 radical (unpaired) electrons. The van der Waals surface area contributed by atoms with E-state index >= 15 is 0 Å². The van der Waals surface area contributed by atoms with Crippen LogP contribution in [0.4, 0.5) is 0 Å². The molecule has 0 spiro atoms. The largest absolute Gasteiger partial charge is 0.396 e. The Bertz CT molecular complexity index is 798. The molecule has 1 N–H and O–H groups in total. The lowest BCUT2D eigenvalue weighted by Gasteiger charge is -2.42. The van der Waals surface area contributed by atoms with Crippen LogP contribution in [0.5, 0.6) is 0 Å². The molecule has 2 heterocycles. The lowest BCUT2D eigenvalue weighted by Crippen LogP contribution is -2.60. The lowest BCUT2D eigenvalue weighted by molar-refractivity contribution is -0.136. The molecular weight excluding hydrogens is 412 g/mol. The maximum absolute atomic E-state index is 12.9. The number of piperidine rings is 1. The summed E-state index contributed by atoms with van der Waals surface area (Å²) < 4.78 is 27.5. The number of hydrogen-bond donors (Lipinski definition) is 1. The number of nitrogens with zero attached hydrogens (tertiary/aromatic N) is 2. The van der Waals surface area contributed by atoms with E-state index in [1.54, 1.807) is 9.21 Å². The Kier molecular flexibility index (Phi) is 7.25. The number of rotatable bonds is 7. The molecule has 0 saturated carbocycles. The predicted octanol–water partition coefficient (Wildman–Crippen LogP) is 2.71. The van der Waals surface area contributed by atoms with Gasteiger partial charge in [0, 0.05) is 44.2 Å². The summed E-state index contributed by atoms with van der Waals surface area (Å²) >= 11 is 5.95. The lowest BCUT2D eigenvalue weighted by atomic mass is 9.90. The van der Waals surface area contributed by atoms with Gasteiger partial charge in [0.15, 0.2) is 0 Å².